The molecule has 0 atom stereocenters. The van der Waals surface area contributed by atoms with Gasteiger partial charge in [-0.2, -0.15) is 5.10 Å². The summed E-state index contributed by atoms with van der Waals surface area (Å²) < 4.78 is 6.38. The number of carbonyl (C=O) groups excluding carboxylic acids is 1. The molecule has 6 nitrogen and oxygen atoms in total. The van der Waals surface area contributed by atoms with Crippen LogP contribution in [0.3, 0.4) is 0 Å². The lowest BCUT2D eigenvalue weighted by molar-refractivity contribution is 0.0518. The van der Waals surface area contributed by atoms with Crippen molar-refractivity contribution in [3.63, 3.8) is 0 Å². The standard InChI is InChI=1S/C17H16ClN3O3/c1-4-24-17(23)14-10(3)15-16(22)19-13(8-21(15)20-14)11-6-5-9(2)12(18)7-11/h5-8H,4H2,1-3H3,(H,19,22). The topological polar surface area (TPSA) is 76.5 Å². The Labute approximate surface area is 143 Å². The molecule has 24 heavy (non-hydrogen) atoms. The second-order valence-corrected chi connectivity index (χ2v) is 5.86. The maximum absolute atomic E-state index is 12.4. The lowest BCUT2D eigenvalue weighted by atomic mass is 10.1. The van der Waals surface area contributed by atoms with E-state index in [0.29, 0.717) is 21.8 Å². The van der Waals surface area contributed by atoms with E-state index in [4.69, 9.17) is 16.3 Å². The van der Waals surface area contributed by atoms with E-state index < -0.39 is 5.97 Å². The van der Waals surface area contributed by atoms with Crippen LogP contribution in [0.1, 0.15) is 28.5 Å². The summed E-state index contributed by atoms with van der Waals surface area (Å²) >= 11 is 6.15. The molecule has 0 radical (unpaired) electrons. The van der Waals surface area contributed by atoms with E-state index in [1.54, 1.807) is 26.1 Å². The number of fused-ring (bicyclic) bond motifs is 1. The van der Waals surface area contributed by atoms with Crippen LogP contribution in [0.5, 0.6) is 0 Å². The maximum Gasteiger partial charge on any atom is 0.359 e. The van der Waals surface area contributed by atoms with Crippen molar-refractivity contribution in [2.75, 3.05) is 6.61 Å². The van der Waals surface area contributed by atoms with Crippen molar-refractivity contribution in [3.8, 4) is 11.3 Å². The van der Waals surface area contributed by atoms with Gasteiger partial charge in [-0.05, 0) is 32.4 Å². The highest BCUT2D eigenvalue weighted by molar-refractivity contribution is 6.31. The molecule has 2 heterocycles. The first-order valence-electron chi connectivity index (χ1n) is 7.48. The first-order chi connectivity index (χ1) is 11.4. The third-order valence-corrected chi connectivity index (χ3v) is 4.22. The summed E-state index contributed by atoms with van der Waals surface area (Å²) in [4.78, 5) is 27.2. The number of rotatable bonds is 3. The smallest absolute Gasteiger partial charge is 0.359 e. The molecule has 2 aromatic heterocycles. The van der Waals surface area contributed by atoms with Crippen molar-refractivity contribution >= 4 is 23.1 Å². The van der Waals surface area contributed by atoms with Gasteiger partial charge in [0.2, 0.25) is 0 Å². The van der Waals surface area contributed by atoms with E-state index in [1.165, 1.54) is 4.52 Å². The van der Waals surface area contributed by atoms with E-state index in [2.05, 4.69) is 10.1 Å². The fourth-order valence-corrected chi connectivity index (χ4v) is 2.70. The molecule has 0 saturated carbocycles. The molecule has 0 saturated heterocycles. The number of halogens is 1. The predicted molar refractivity (Wildman–Crippen MR) is 91.7 cm³/mol. The molecule has 0 unspecified atom stereocenters. The summed E-state index contributed by atoms with van der Waals surface area (Å²) in [6.45, 7) is 5.54. The Hall–Kier alpha value is -2.60. The van der Waals surface area contributed by atoms with Crippen LogP contribution in [0.2, 0.25) is 5.02 Å². The van der Waals surface area contributed by atoms with Crippen LogP contribution in [0, 0.1) is 13.8 Å². The molecule has 1 N–H and O–H groups in total. The van der Waals surface area contributed by atoms with Gasteiger partial charge >= 0.3 is 5.97 Å². The van der Waals surface area contributed by atoms with Crippen LogP contribution in [0.15, 0.2) is 29.2 Å². The van der Waals surface area contributed by atoms with Gasteiger partial charge in [0, 0.05) is 16.1 Å². The van der Waals surface area contributed by atoms with Gasteiger partial charge in [-0.1, -0.05) is 23.7 Å². The molecular formula is C17H16ClN3O3. The van der Waals surface area contributed by atoms with Gasteiger partial charge in [-0.15, -0.1) is 0 Å². The summed E-state index contributed by atoms with van der Waals surface area (Å²) in [5.41, 5.74) is 2.89. The number of aryl methyl sites for hydroxylation is 2. The molecule has 0 aliphatic rings. The summed E-state index contributed by atoms with van der Waals surface area (Å²) in [6.07, 6.45) is 1.66. The first kappa shape index (κ1) is 16.3. The van der Waals surface area contributed by atoms with Gasteiger partial charge in [0.25, 0.3) is 5.56 Å². The first-order valence-corrected chi connectivity index (χ1v) is 7.86. The van der Waals surface area contributed by atoms with Crippen LogP contribution < -0.4 is 5.56 Å². The minimum Gasteiger partial charge on any atom is -0.461 e. The lowest BCUT2D eigenvalue weighted by Gasteiger charge is -2.05. The third-order valence-electron chi connectivity index (χ3n) is 3.81. The second-order valence-electron chi connectivity index (χ2n) is 5.45. The Bertz CT molecular complexity index is 1000. The van der Waals surface area contributed by atoms with Crippen molar-refractivity contribution < 1.29 is 9.53 Å². The van der Waals surface area contributed by atoms with E-state index in [-0.39, 0.29) is 17.9 Å². The largest absolute Gasteiger partial charge is 0.461 e. The van der Waals surface area contributed by atoms with E-state index in [1.807, 2.05) is 19.1 Å². The fraction of sp³-hybridized carbons (Fsp3) is 0.235. The maximum atomic E-state index is 12.4. The molecule has 0 aliphatic carbocycles. The SMILES string of the molecule is CCOC(=O)c1nn2cc(-c3ccc(C)c(Cl)c3)[nH]c(=O)c2c1C. The number of hydrogen-bond acceptors (Lipinski definition) is 4. The van der Waals surface area contributed by atoms with Gasteiger partial charge < -0.3 is 9.72 Å². The van der Waals surface area contributed by atoms with Crippen LogP contribution in [-0.2, 0) is 4.74 Å². The molecular weight excluding hydrogens is 330 g/mol. The minimum absolute atomic E-state index is 0.140. The van der Waals surface area contributed by atoms with Gasteiger partial charge in [0.05, 0.1) is 18.5 Å². The number of nitrogens with one attached hydrogen (secondary N) is 1. The fourth-order valence-electron chi connectivity index (χ4n) is 2.52. The molecule has 3 aromatic rings. The molecule has 3 rings (SSSR count). The van der Waals surface area contributed by atoms with Crippen LogP contribution in [0.25, 0.3) is 16.8 Å². The number of benzene rings is 1. The van der Waals surface area contributed by atoms with Crippen LogP contribution >= 0.6 is 11.6 Å². The van der Waals surface area contributed by atoms with E-state index in [0.717, 1.165) is 11.1 Å². The number of ether oxygens (including phenoxy) is 1. The average Bonchev–Trinajstić information content (AvgIpc) is 2.87. The minimum atomic E-state index is -0.543. The third kappa shape index (κ3) is 2.69. The number of aromatic amines is 1. The zero-order valence-electron chi connectivity index (χ0n) is 13.5. The predicted octanol–water partition coefficient (Wildman–Crippen LogP) is 3.14. The van der Waals surface area contributed by atoms with Gasteiger partial charge in [0.1, 0.15) is 5.52 Å². The molecule has 0 amide bonds. The highest BCUT2D eigenvalue weighted by atomic mass is 35.5. The van der Waals surface area contributed by atoms with Crippen molar-refractivity contribution in [3.05, 3.63) is 56.6 Å². The van der Waals surface area contributed by atoms with Gasteiger partial charge in [-0.3, -0.25) is 4.79 Å². The Morgan fingerprint density at radius 1 is 1.38 bits per heavy atom. The van der Waals surface area contributed by atoms with Gasteiger partial charge in [-0.25, -0.2) is 9.31 Å². The molecule has 0 spiro atoms. The molecule has 7 heteroatoms. The summed E-state index contributed by atoms with van der Waals surface area (Å²) in [5.74, 6) is -0.543. The zero-order chi connectivity index (χ0) is 17.4. The van der Waals surface area contributed by atoms with Crippen molar-refractivity contribution in [2.24, 2.45) is 0 Å². The normalized spacial score (nSPS) is 11.0. The van der Waals surface area contributed by atoms with Crippen molar-refractivity contribution in [2.45, 2.75) is 20.8 Å². The molecule has 124 valence electrons. The number of hydrogen-bond donors (Lipinski definition) is 1. The van der Waals surface area contributed by atoms with E-state index >= 15 is 0 Å². The molecule has 1 aromatic carbocycles. The number of aromatic nitrogens is 3. The number of carbonyl (C=O) groups is 1. The highest BCUT2D eigenvalue weighted by Crippen LogP contribution is 2.24. The molecule has 0 fully saturated rings. The lowest BCUT2D eigenvalue weighted by Crippen LogP contribution is -2.11. The molecule has 0 aliphatic heterocycles. The van der Waals surface area contributed by atoms with Crippen molar-refractivity contribution in [1.29, 1.82) is 0 Å². The van der Waals surface area contributed by atoms with Crippen molar-refractivity contribution in [1.82, 2.24) is 14.6 Å². The highest BCUT2D eigenvalue weighted by Gasteiger charge is 2.20. The molecule has 0 bridgehead atoms. The van der Waals surface area contributed by atoms with Crippen LogP contribution in [0.4, 0.5) is 0 Å². The van der Waals surface area contributed by atoms with Gasteiger partial charge in [0.15, 0.2) is 5.69 Å². The summed E-state index contributed by atoms with van der Waals surface area (Å²) in [7, 11) is 0. The summed E-state index contributed by atoms with van der Waals surface area (Å²) in [6, 6.07) is 5.51. The monoisotopic (exact) mass is 345 g/mol. The number of H-pyrrole nitrogens is 1. The Morgan fingerprint density at radius 3 is 2.79 bits per heavy atom. The second kappa shape index (κ2) is 6.13. The van der Waals surface area contributed by atoms with Crippen LogP contribution in [-0.4, -0.2) is 27.2 Å². The Kier molecular flexibility index (Phi) is 4.15. The Morgan fingerprint density at radius 2 is 2.12 bits per heavy atom. The summed E-state index contributed by atoms with van der Waals surface area (Å²) in [5, 5.41) is 4.82. The number of nitrogens with zero attached hydrogens (tertiary/aromatic N) is 2. The Balaban J connectivity index is 2.18. The average molecular weight is 346 g/mol. The zero-order valence-corrected chi connectivity index (χ0v) is 14.3. The number of esters is 1. The quantitative estimate of drug-likeness (QED) is 0.740. The van der Waals surface area contributed by atoms with E-state index in [9.17, 15) is 9.59 Å².